The molecule has 2 amide bonds. The van der Waals surface area contributed by atoms with Crippen molar-refractivity contribution in [2.24, 2.45) is 5.92 Å². The van der Waals surface area contributed by atoms with Gasteiger partial charge < -0.3 is 19.9 Å². The molecule has 0 saturated carbocycles. The lowest BCUT2D eigenvalue weighted by atomic mass is 10.0. The zero-order valence-electron chi connectivity index (χ0n) is 17.9. The van der Waals surface area contributed by atoms with Crippen molar-refractivity contribution in [1.82, 2.24) is 9.88 Å². The first-order valence-corrected chi connectivity index (χ1v) is 10.6. The average Bonchev–Trinajstić information content (AvgIpc) is 3.35. The fourth-order valence-electron chi connectivity index (χ4n) is 4.40. The number of amides is 2. The number of hydrogen-bond acceptors (Lipinski definition) is 4. The van der Waals surface area contributed by atoms with Crippen LogP contribution in [0.5, 0.6) is 0 Å². The van der Waals surface area contributed by atoms with Gasteiger partial charge in [-0.15, -0.1) is 0 Å². The van der Waals surface area contributed by atoms with Gasteiger partial charge in [-0.3, -0.25) is 0 Å². The highest BCUT2D eigenvalue weighted by Crippen LogP contribution is 2.39. The van der Waals surface area contributed by atoms with Crippen LogP contribution >= 0.6 is 0 Å². The average molecular weight is 430 g/mol. The number of halogens is 2. The van der Waals surface area contributed by atoms with Crippen LogP contribution < -0.4 is 10.2 Å². The Kier molecular flexibility index (Phi) is 6.09. The molecule has 2 saturated heterocycles. The molecule has 3 heterocycles. The molecular weight excluding hydrogens is 402 g/mol. The van der Waals surface area contributed by atoms with Crippen LogP contribution in [0.4, 0.5) is 25.1 Å². The number of ether oxygens (including phenoxy) is 1. The Balaban J connectivity index is 1.68. The molecule has 2 fully saturated rings. The summed E-state index contributed by atoms with van der Waals surface area (Å²) in [6.45, 7) is 4.02. The molecule has 0 aliphatic carbocycles. The molecule has 2 aliphatic heterocycles. The molecule has 8 heteroatoms. The fourth-order valence-corrected chi connectivity index (χ4v) is 4.40. The van der Waals surface area contributed by atoms with Gasteiger partial charge in [-0.1, -0.05) is 18.2 Å². The Morgan fingerprint density at radius 2 is 2.10 bits per heavy atom. The second-order valence-electron chi connectivity index (χ2n) is 8.61. The molecule has 2 aliphatic rings. The first-order chi connectivity index (χ1) is 14.9. The van der Waals surface area contributed by atoms with Crippen LogP contribution in [0, 0.1) is 11.7 Å². The van der Waals surface area contributed by atoms with E-state index in [1.165, 1.54) is 6.07 Å². The third kappa shape index (κ3) is 4.63. The molecule has 0 spiro atoms. The van der Waals surface area contributed by atoms with Gasteiger partial charge in [0.1, 0.15) is 11.5 Å². The number of rotatable bonds is 5. The minimum atomic E-state index is -1.33. The van der Waals surface area contributed by atoms with E-state index in [-0.39, 0.29) is 12.6 Å². The Bertz CT molecular complexity index is 953. The van der Waals surface area contributed by atoms with Gasteiger partial charge in [0.25, 0.3) is 0 Å². The molecule has 1 unspecified atom stereocenters. The van der Waals surface area contributed by atoms with E-state index in [9.17, 15) is 13.6 Å². The number of likely N-dealkylation sites (tertiary alicyclic amines) is 1. The smallest absolute Gasteiger partial charge is 0.321 e. The number of hydrogen-bond donors (Lipinski definition) is 1. The van der Waals surface area contributed by atoms with Gasteiger partial charge in [0.05, 0.1) is 18.8 Å². The number of nitrogens with one attached hydrogen (secondary N) is 1. The van der Waals surface area contributed by atoms with E-state index < -0.39 is 11.5 Å². The maximum atomic E-state index is 14.6. The maximum absolute atomic E-state index is 14.6. The van der Waals surface area contributed by atoms with Gasteiger partial charge in [-0.25, -0.2) is 18.6 Å². The Morgan fingerprint density at radius 3 is 2.81 bits per heavy atom. The van der Waals surface area contributed by atoms with Crippen molar-refractivity contribution in [3.8, 4) is 11.1 Å². The van der Waals surface area contributed by atoms with E-state index in [1.807, 2.05) is 4.90 Å². The molecule has 1 aromatic carbocycles. The van der Waals surface area contributed by atoms with Crippen molar-refractivity contribution >= 4 is 17.5 Å². The number of benzene rings is 1. The lowest BCUT2D eigenvalue weighted by molar-refractivity contribution is 0.154. The van der Waals surface area contributed by atoms with Crippen LogP contribution in [-0.2, 0) is 4.74 Å². The number of anilines is 2. The van der Waals surface area contributed by atoms with Crippen molar-refractivity contribution in [2.45, 2.75) is 25.4 Å². The van der Waals surface area contributed by atoms with Crippen molar-refractivity contribution in [3.63, 3.8) is 0 Å². The van der Waals surface area contributed by atoms with Gasteiger partial charge in [-0.2, -0.15) is 0 Å². The molecule has 4 rings (SSSR count). The van der Waals surface area contributed by atoms with E-state index in [0.717, 1.165) is 6.42 Å². The lowest BCUT2D eigenvalue weighted by Gasteiger charge is -2.25. The summed E-state index contributed by atoms with van der Waals surface area (Å²) in [7, 11) is 1.65. The summed E-state index contributed by atoms with van der Waals surface area (Å²) in [5, 5.41) is 2.97. The van der Waals surface area contributed by atoms with Crippen molar-refractivity contribution in [2.75, 3.05) is 50.1 Å². The SMILES string of the molecule is COC[C@H]1CCN(C(=O)Nc2c(-c3ccccc3F)ccnc2N2CCC(C)(F)C2)C1. The van der Waals surface area contributed by atoms with E-state index in [1.54, 1.807) is 49.4 Å². The second-order valence-corrected chi connectivity index (χ2v) is 8.61. The van der Waals surface area contributed by atoms with Gasteiger partial charge in [0, 0.05) is 56.4 Å². The monoisotopic (exact) mass is 430 g/mol. The molecule has 1 aromatic heterocycles. The van der Waals surface area contributed by atoms with Gasteiger partial charge in [0.2, 0.25) is 0 Å². The molecule has 2 atom stereocenters. The van der Waals surface area contributed by atoms with Crippen LogP contribution in [0.1, 0.15) is 19.8 Å². The number of alkyl halides is 1. The van der Waals surface area contributed by atoms with E-state index in [4.69, 9.17) is 4.74 Å². The summed E-state index contributed by atoms with van der Waals surface area (Å²) in [4.78, 5) is 21.1. The molecule has 31 heavy (non-hydrogen) atoms. The molecule has 0 bridgehead atoms. The predicted molar refractivity (Wildman–Crippen MR) is 117 cm³/mol. The summed E-state index contributed by atoms with van der Waals surface area (Å²) in [5.74, 6) is 0.359. The highest BCUT2D eigenvalue weighted by molar-refractivity contribution is 5.99. The quantitative estimate of drug-likeness (QED) is 0.767. The first kappa shape index (κ1) is 21.5. The van der Waals surface area contributed by atoms with Crippen LogP contribution in [0.2, 0.25) is 0 Å². The molecule has 166 valence electrons. The van der Waals surface area contributed by atoms with Crippen LogP contribution in [0.15, 0.2) is 36.5 Å². The number of carbonyl (C=O) groups excluding carboxylic acids is 1. The number of aromatic nitrogens is 1. The Labute approximate surface area is 181 Å². The number of carbonyl (C=O) groups is 1. The highest BCUT2D eigenvalue weighted by Gasteiger charge is 2.36. The Morgan fingerprint density at radius 1 is 1.29 bits per heavy atom. The van der Waals surface area contributed by atoms with Gasteiger partial charge in [-0.05, 0) is 25.5 Å². The summed E-state index contributed by atoms with van der Waals surface area (Å²) in [6.07, 6.45) is 2.82. The minimum absolute atomic E-state index is 0.170. The number of methoxy groups -OCH3 is 1. The summed E-state index contributed by atoms with van der Waals surface area (Å²) in [5.41, 5.74) is -0.0383. The predicted octanol–water partition coefficient (Wildman–Crippen LogP) is 4.33. The second kappa shape index (κ2) is 8.78. The largest absolute Gasteiger partial charge is 0.384 e. The van der Waals surface area contributed by atoms with Gasteiger partial charge >= 0.3 is 6.03 Å². The number of nitrogens with zero attached hydrogens (tertiary/aromatic N) is 3. The molecule has 6 nitrogen and oxygen atoms in total. The zero-order chi connectivity index (χ0) is 22.0. The number of pyridine rings is 1. The van der Waals surface area contributed by atoms with Crippen molar-refractivity contribution in [3.05, 3.63) is 42.3 Å². The zero-order valence-corrected chi connectivity index (χ0v) is 17.9. The van der Waals surface area contributed by atoms with Crippen molar-refractivity contribution < 1.29 is 18.3 Å². The van der Waals surface area contributed by atoms with E-state index >= 15 is 0 Å². The number of urea groups is 1. The normalized spacial score (nSPS) is 23.4. The molecule has 1 N–H and O–H groups in total. The fraction of sp³-hybridized carbons (Fsp3) is 0.478. The summed E-state index contributed by atoms with van der Waals surface area (Å²) in [6, 6.07) is 7.82. The Hall–Kier alpha value is -2.74. The lowest BCUT2D eigenvalue weighted by Crippen LogP contribution is -2.34. The minimum Gasteiger partial charge on any atom is -0.384 e. The van der Waals surface area contributed by atoms with E-state index in [0.29, 0.717) is 61.2 Å². The summed E-state index contributed by atoms with van der Waals surface area (Å²) < 4.78 is 34.4. The summed E-state index contributed by atoms with van der Waals surface area (Å²) >= 11 is 0. The van der Waals surface area contributed by atoms with Crippen LogP contribution in [0.25, 0.3) is 11.1 Å². The first-order valence-electron chi connectivity index (χ1n) is 10.6. The van der Waals surface area contributed by atoms with Crippen molar-refractivity contribution in [1.29, 1.82) is 0 Å². The topological polar surface area (TPSA) is 57.7 Å². The molecule has 2 aromatic rings. The molecular formula is C23H28F2N4O2. The third-order valence-corrected chi connectivity index (χ3v) is 6.03. The highest BCUT2D eigenvalue weighted by atomic mass is 19.1. The van der Waals surface area contributed by atoms with Crippen LogP contribution in [-0.4, -0.2) is 61.5 Å². The van der Waals surface area contributed by atoms with Gasteiger partial charge in [0.15, 0.2) is 5.82 Å². The third-order valence-electron chi connectivity index (χ3n) is 6.03. The molecule has 0 radical (unpaired) electrons. The van der Waals surface area contributed by atoms with E-state index in [2.05, 4.69) is 10.3 Å². The standard InChI is InChI=1S/C23H28F2N4O2/c1-23(25)9-12-29(15-23)21-20(27-22(30)28-11-8-16(13-28)14-31-2)18(7-10-26-21)17-5-3-4-6-19(17)24/h3-7,10,16H,8-9,11-15H2,1-2H3,(H,27,30)/t16-,23?/m0/s1. The van der Waals surface area contributed by atoms with Crippen LogP contribution in [0.3, 0.4) is 0 Å². The maximum Gasteiger partial charge on any atom is 0.321 e.